The van der Waals surface area contributed by atoms with E-state index >= 15 is 0 Å². The third-order valence-electron chi connectivity index (χ3n) is 7.31. The molecule has 1 amide bonds. The van der Waals surface area contributed by atoms with Gasteiger partial charge in [-0.3, -0.25) is 10.1 Å². The Hall–Kier alpha value is -4.63. The summed E-state index contributed by atoms with van der Waals surface area (Å²) >= 11 is 0. The van der Waals surface area contributed by atoms with Gasteiger partial charge in [0.15, 0.2) is 12.6 Å². The van der Waals surface area contributed by atoms with Gasteiger partial charge in [0.05, 0.1) is 23.8 Å². The Morgan fingerprint density at radius 2 is 1.77 bits per heavy atom. The molecular formula is C30H26N2O7. The molecule has 1 saturated carbocycles. The maximum Gasteiger partial charge on any atom is 0.412 e. The Labute approximate surface area is 224 Å². The minimum Gasteiger partial charge on any atom is -0.481 e. The third-order valence-corrected chi connectivity index (χ3v) is 7.31. The molecule has 9 nitrogen and oxygen atoms in total. The summed E-state index contributed by atoms with van der Waals surface area (Å²) in [5.41, 5.74) is 4.50. The van der Waals surface area contributed by atoms with Crippen molar-refractivity contribution in [2.24, 2.45) is 0 Å². The van der Waals surface area contributed by atoms with Crippen molar-refractivity contribution >= 4 is 17.7 Å². The van der Waals surface area contributed by atoms with E-state index in [4.69, 9.17) is 18.7 Å². The van der Waals surface area contributed by atoms with Gasteiger partial charge in [0.25, 0.3) is 0 Å². The average Bonchev–Trinajstić information content (AvgIpc) is 3.66. The van der Waals surface area contributed by atoms with E-state index in [0.717, 1.165) is 27.8 Å². The molecule has 0 spiro atoms. The zero-order valence-electron chi connectivity index (χ0n) is 21.2. The summed E-state index contributed by atoms with van der Waals surface area (Å²) in [4.78, 5) is 24.4. The van der Waals surface area contributed by atoms with Crippen molar-refractivity contribution in [2.75, 3.05) is 12.1 Å². The maximum atomic E-state index is 12.7. The van der Waals surface area contributed by atoms with Crippen LogP contribution in [0.3, 0.4) is 0 Å². The fraction of sp³-hybridized carbons (Fsp3) is 0.233. The highest BCUT2D eigenvalue weighted by Crippen LogP contribution is 2.49. The Morgan fingerprint density at radius 1 is 1.03 bits per heavy atom. The molecule has 1 unspecified atom stereocenters. The predicted octanol–water partition coefficient (Wildman–Crippen LogP) is 6.30. The number of hydrogen-bond donors (Lipinski definition) is 2. The van der Waals surface area contributed by atoms with Crippen LogP contribution in [0.15, 0.2) is 77.4 Å². The van der Waals surface area contributed by atoms with Crippen molar-refractivity contribution < 1.29 is 33.4 Å². The number of benzene rings is 3. The van der Waals surface area contributed by atoms with Crippen LogP contribution < -0.4 is 10.1 Å². The van der Waals surface area contributed by atoms with Crippen LogP contribution >= 0.6 is 0 Å². The van der Waals surface area contributed by atoms with Gasteiger partial charge in [-0.2, -0.15) is 0 Å². The number of carboxylic acids is 1. The highest BCUT2D eigenvalue weighted by Gasteiger charge is 2.51. The first-order chi connectivity index (χ1) is 19.0. The second-order valence-electron chi connectivity index (χ2n) is 9.70. The van der Waals surface area contributed by atoms with E-state index in [-0.39, 0.29) is 6.79 Å². The molecule has 198 valence electrons. The molecule has 0 bridgehead atoms. The van der Waals surface area contributed by atoms with Crippen molar-refractivity contribution in [3.05, 3.63) is 89.6 Å². The summed E-state index contributed by atoms with van der Waals surface area (Å²) in [6.45, 7) is 2.18. The standard InChI is InChI=1S/C30H26N2O7/c1-18(19-5-3-2-4-6-19)38-29(35)32-25-15-31-39-27(25)23-12-11-22(24-16-36-17-37-26(23)24)20-7-9-21(10-8-20)30(13-14-30)28(33)34/h2-12,15,18H,13-14,16-17H2,1H3,(H,32,35)(H,33,34). The van der Waals surface area contributed by atoms with Gasteiger partial charge in [0, 0.05) is 5.56 Å². The molecule has 1 aliphatic carbocycles. The molecule has 6 rings (SSSR count). The summed E-state index contributed by atoms with van der Waals surface area (Å²) in [5, 5.41) is 16.2. The lowest BCUT2D eigenvalue weighted by atomic mass is 9.91. The fourth-order valence-corrected chi connectivity index (χ4v) is 4.96. The van der Waals surface area contributed by atoms with Gasteiger partial charge in [-0.1, -0.05) is 65.8 Å². The molecule has 2 aliphatic rings. The number of amides is 1. The number of carboxylic acid groups (broad SMARTS) is 1. The number of rotatable bonds is 7. The smallest absolute Gasteiger partial charge is 0.412 e. The van der Waals surface area contributed by atoms with Crippen molar-refractivity contribution in [1.29, 1.82) is 0 Å². The molecule has 2 N–H and O–H groups in total. The van der Waals surface area contributed by atoms with Crippen LogP contribution in [0.2, 0.25) is 0 Å². The average molecular weight is 527 g/mol. The first-order valence-electron chi connectivity index (χ1n) is 12.6. The Morgan fingerprint density at radius 3 is 2.49 bits per heavy atom. The first kappa shape index (κ1) is 24.7. The van der Waals surface area contributed by atoms with Crippen LogP contribution in [0, 0.1) is 0 Å². The van der Waals surface area contributed by atoms with Gasteiger partial charge in [0.2, 0.25) is 0 Å². The number of nitrogens with zero attached hydrogens (tertiary/aromatic N) is 1. The van der Waals surface area contributed by atoms with Crippen LogP contribution in [0.5, 0.6) is 5.75 Å². The topological polar surface area (TPSA) is 120 Å². The molecular weight excluding hydrogens is 500 g/mol. The zero-order chi connectivity index (χ0) is 27.0. The molecule has 1 aromatic heterocycles. The first-order valence-corrected chi connectivity index (χ1v) is 12.6. The monoisotopic (exact) mass is 526 g/mol. The number of hydrogen-bond acceptors (Lipinski definition) is 7. The largest absolute Gasteiger partial charge is 0.481 e. The van der Waals surface area contributed by atoms with Crippen molar-refractivity contribution in [3.8, 4) is 28.2 Å². The quantitative estimate of drug-likeness (QED) is 0.288. The number of ether oxygens (including phenoxy) is 3. The van der Waals surface area contributed by atoms with Crippen LogP contribution in [0.1, 0.15) is 42.6 Å². The molecule has 3 aromatic carbocycles. The van der Waals surface area contributed by atoms with Crippen molar-refractivity contribution in [3.63, 3.8) is 0 Å². The third kappa shape index (κ3) is 4.61. The molecule has 4 aromatic rings. The van der Waals surface area contributed by atoms with Crippen LogP contribution in [-0.4, -0.2) is 29.1 Å². The normalized spacial score (nSPS) is 15.9. The molecule has 0 radical (unpaired) electrons. The predicted molar refractivity (Wildman–Crippen MR) is 141 cm³/mol. The molecule has 39 heavy (non-hydrogen) atoms. The second-order valence-corrected chi connectivity index (χ2v) is 9.70. The Kier molecular flexibility index (Phi) is 6.28. The van der Waals surface area contributed by atoms with E-state index in [2.05, 4.69) is 10.5 Å². The SMILES string of the molecule is CC(OC(=O)Nc1cnoc1-c1ccc(-c2ccc(C3(C(=O)O)CC3)cc2)c2c1OCOC2)c1ccccc1. The molecule has 9 heteroatoms. The number of aliphatic carboxylic acids is 1. The van der Waals surface area contributed by atoms with E-state index in [1.54, 1.807) is 6.92 Å². The van der Waals surface area contributed by atoms with E-state index in [0.29, 0.717) is 42.2 Å². The molecule has 1 fully saturated rings. The summed E-state index contributed by atoms with van der Waals surface area (Å²) in [6, 6.07) is 20.8. The lowest BCUT2D eigenvalue weighted by Crippen LogP contribution is -2.19. The molecule has 2 heterocycles. The van der Waals surface area contributed by atoms with Gasteiger partial charge in [0.1, 0.15) is 17.5 Å². The number of anilines is 1. The van der Waals surface area contributed by atoms with E-state index in [9.17, 15) is 14.7 Å². The van der Waals surface area contributed by atoms with E-state index in [1.807, 2.05) is 66.7 Å². The van der Waals surface area contributed by atoms with Gasteiger partial charge in [-0.15, -0.1) is 0 Å². The summed E-state index contributed by atoms with van der Waals surface area (Å²) in [6.07, 6.45) is 1.64. The minimum absolute atomic E-state index is 0.0665. The molecule has 0 saturated heterocycles. The van der Waals surface area contributed by atoms with Crippen molar-refractivity contribution in [1.82, 2.24) is 5.16 Å². The molecule has 1 aliphatic heterocycles. The van der Waals surface area contributed by atoms with E-state index in [1.165, 1.54) is 6.20 Å². The van der Waals surface area contributed by atoms with Gasteiger partial charge >= 0.3 is 12.1 Å². The van der Waals surface area contributed by atoms with Gasteiger partial charge in [-0.25, -0.2) is 4.79 Å². The Bertz CT molecular complexity index is 1520. The zero-order valence-corrected chi connectivity index (χ0v) is 21.2. The maximum absolute atomic E-state index is 12.7. The summed E-state index contributed by atoms with van der Waals surface area (Å²) in [7, 11) is 0. The highest BCUT2D eigenvalue weighted by molar-refractivity contribution is 5.91. The van der Waals surface area contributed by atoms with Crippen LogP contribution in [0.4, 0.5) is 10.5 Å². The highest BCUT2D eigenvalue weighted by atomic mass is 16.7. The molecule has 1 atom stereocenters. The number of carbonyl (C=O) groups is 2. The number of fused-ring (bicyclic) bond motifs is 1. The van der Waals surface area contributed by atoms with Crippen molar-refractivity contribution in [2.45, 2.75) is 37.9 Å². The van der Waals surface area contributed by atoms with Crippen LogP contribution in [-0.2, 0) is 26.3 Å². The van der Waals surface area contributed by atoms with Crippen LogP contribution in [0.25, 0.3) is 22.5 Å². The lowest BCUT2D eigenvalue weighted by molar-refractivity contribution is -0.140. The summed E-state index contributed by atoms with van der Waals surface area (Å²) in [5.74, 6) is 0.114. The number of aromatic nitrogens is 1. The second kappa shape index (κ2) is 9.92. The number of carbonyl (C=O) groups excluding carboxylic acids is 1. The van der Waals surface area contributed by atoms with Gasteiger partial charge < -0.3 is 23.8 Å². The lowest BCUT2D eigenvalue weighted by Gasteiger charge is -2.23. The fourth-order valence-electron chi connectivity index (χ4n) is 4.96. The minimum atomic E-state index is -0.784. The summed E-state index contributed by atoms with van der Waals surface area (Å²) < 4.78 is 22.6. The Balaban J connectivity index is 1.27. The number of nitrogens with one attached hydrogen (secondary N) is 1. The van der Waals surface area contributed by atoms with Gasteiger partial charge in [-0.05, 0) is 48.1 Å². The van der Waals surface area contributed by atoms with E-state index < -0.39 is 23.6 Å².